The molecule has 0 saturated heterocycles. The third kappa shape index (κ3) is 3.45. The lowest BCUT2D eigenvalue weighted by Gasteiger charge is -2.09. The van der Waals surface area contributed by atoms with E-state index in [4.69, 9.17) is 35.4 Å². The molecule has 0 aliphatic heterocycles. The summed E-state index contributed by atoms with van der Waals surface area (Å²) < 4.78 is 0.985. The maximum absolute atomic E-state index is 5.95. The van der Waals surface area contributed by atoms with Gasteiger partial charge in [0, 0.05) is 15.7 Å². The lowest BCUT2D eigenvalue weighted by Crippen LogP contribution is -2.10. The van der Waals surface area contributed by atoms with Gasteiger partial charge in [0.2, 0.25) is 0 Å². The highest BCUT2D eigenvalue weighted by molar-refractivity contribution is 9.10. The van der Waals surface area contributed by atoms with E-state index in [1.807, 2.05) is 30.3 Å². The highest BCUT2D eigenvalue weighted by atomic mass is 79.9. The van der Waals surface area contributed by atoms with E-state index in [1.165, 1.54) is 0 Å². The van der Waals surface area contributed by atoms with Crippen LogP contribution in [0, 0.1) is 0 Å². The Hall–Kier alpha value is -0.610. The minimum absolute atomic E-state index is 0.499. The van der Waals surface area contributed by atoms with Gasteiger partial charge in [0.15, 0.2) is 0 Å². The lowest BCUT2D eigenvalue weighted by atomic mass is 10.2. The second-order valence-electron chi connectivity index (χ2n) is 3.59. The summed E-state index contributed by atoms with van der Waals surface area (Å²) in [6, 6.07) is 13.1. The first-order valence-corrected chi connectivity index (χ1v) is 7.04. The van der Waals surface area contributed by atoms with E-state index in [0.29, 0.717) is 15.0 Å². The normalized spacial score (nSPS) is 10.2. The van der Waals surface area contributed by atoms with E-state index in [2.05, 4.69) is 21.2 Å². The first kappa shape index (κ1) is 13.8. The molecule has 0 bridgehead atoms. The first-order valence-electron chi connectivity index (χ1n) is 5.08. The van der Waals surface area contributed by atoms with Gasteiger partial charge in [-0.1, -0.05) is 63.5 Å². The molecule has 92 valence electrons. The molecule has 0 spiro atoms. The summed E-state index contributed by atoms with van der Waals surface area (Å²) >= 11 is 20.5. The Morgan fingerprint density at radius 3 is 2.50 bits per heavy atom. The van der Waals surface area contributed by atoms with Gasteiger partial charge in [-0.25, -0.2) is 0 Å². The molecule has 0 atom stereocenters. The van der Waals surface area contributed by atoms with E-state index < -0.39 is 0 Å². The predicted molar refractivity (Wildman–Crippen MR) is 85.9 cm³/mol. The minimum atomic E-state index is 0.499. The van der Waals surface area contributed by atoms with Crippen molar-refractivity contribution in [2.75, 3.05) is 5.32 Å². The third-order valence-corrected chi connectivity index (χ3v) is 3.83. The second-order valence-corrected chi connectivity index (χ2v) is 5.73. The van der Waals surface area contributed by atoms with Gasteiger partial charge in [0.05, 0.1) is 10.0 Å². The Bertz CT molecular complexity index is 601. The number of hydrogen-bond acceptors (Lipinski definition) is 1. The minimum Gasteiger partial charge on any atom is -0.346 e. The van der Waals surface area contributed by atoms with Crippen LogP contribution >= 0.6 is 51.3 Å². The summed E-state index contributed by atoms with van der Waals surface area (Å²) in [5.41, 5.74) is 1.75. The molecule has 2 aromatic carbocycles. The SMILES string of the molecule is S=C(Nc1ccc(Cl)c(Cl)c1)c1cccc(Br)c1. The monoisotopic (exact) mass is 359 g/mol. The summed E-state index contributed by atoms with van der Waals surface area (Å²) in [6.45, 7) is 0. The van der Waals surface area contributed by atoms with Crippen molar-refractivity contribution in [1.82, 2.24) is 0 Å². The summed E-state index contributed by atoms with van der Waals surface area (Å²) in [7, 11) is 0. The van der Waals surface area contributed by atoms with Crippen molar-refractivity contribution in [3.05, 3.63) is 62.5 Å². The van der Waals surface area contributed by atoms with Gasteiger partial charge < -0.3 is 5.32 Å². The lowest BCUT2D eigenvalue weighted by molar-refractivity contribution is 1.58. The number of anilines is 1. The van der Waals surface area contributed by atoms with E-state index in [0.717, 1.165) is 15.7 Å². The number of thiocarbonyl (C=S) groups is 1. The molecule has 0 fully saturated rings. The topological polar surface area (TPSA) is 12.0 Å². The van der Waals surface area contributed by atoms with Gasteiger partial charge >= 0.3 is 0 Å². The van der Waals surface area contributed by atoms with Gasteiger partial charge in [-0.2, -0.15) is 0 Å². The second kappa shape index (κ2) is 6.02. The van der Waals surface area contributed by atoms with Crippen molar-refractivity contribution >= 4 is 62.0 Å². The molecule has 2 aromatic rings. The molecule has 18 heavy (non-hydrogen) atoms. The molecule has 0 aliphatic rings. The van der Waals surface area contributed by atoms with Crippen molar-refractivity contribution in [3.63, 3.8) is 0 Å². The van der Waals surface area contributed by atoms with Crippen LogP contribution in [0.2, 0.25) is 10.0 Å². The Morgan fingerprint density at radius 1 is 1.06 bits per heavy atom. The van der Waals surface area contributed by atoms with Crippen LogP contribution in [0.4, 0.5) is 5.69 Å². The highest BCUT2D eigenvalue weighted by Crippen LogP contribution is 2.25. The molecule has 0 saturated carbocycles. The summed E-state index contributed by atoms with van der Waals surface area (Å²) in [6.07, 6.45) is 0. The van der Waals surface area contributed by atoms with Gasteiger partial charge in [-0.3, -0.25) is 0 Å². The Balaban J connectivity index is 2.18. The molecule has 1 nitrogen and oxygen atoms in total. The molecule has 5 heteroatoms. The molecule has 0 aliphatic carbocycles. The number of nitrogens with one attached hydrogen (secondary N) is 1. The number of halogens is 3. The van der Waals surface area contributed by atoms with Crippen LogP contribution in [0.5, 0.6) is 0 Å². The molecule has 0 unspecified atom stereocenters. The average Bonchev–Trinajstić information content (AvgIpc) is 2.34. The van der Waals surface area contributed by atoms with Crippen LogP contribution in [-0.2, 0) is 0 Å². The maximum atomic E-state index is 5.95. The summed E-state index contributed by atoms with van der Waals surface area (Å²) in [4.78, 5) is 0.634. The van der Waals surface area contributed by atoms with Crippen molar-refractivity contribution in [3.8, 4) is 0 Å². The molecule has 2 rings (SSSR count). The molecule has 0 heterocycles. The van der Waals surface area contributed by atoms with Gasteiger partial charge in [-0.05, 0) is 30.3 Å². The van der Waals surface area contributed by atoms with Gasteiger partial charge in [-0.15, -0.1) is 0 Å². The number of benzene rings is 2. The maximum Gasteiger partial charge on any atom is 0.111 e. The molecular formula is C13H8BrCl2NS. The Kier molecular flexibility index (Phi) is 4.62. The van der Waals surface area contributed by atoms with Crippen LogP contribution in [-0.4, -0.2) is 4.99 Å². The summed E-state index contributed by atoms with van der Waals surface area (Å²) in [5, 5.41) is 4.14. The van der Waals surface area contributed by atoms with Crippen molar-refractivity contribution in [1.29, 1.82) is 0 Å². The molecule has 1 N–H and O–H groups in total. The number of hydrogen-bond donors (Lipinski definition) is 1. The summed E-state index contributed by atoms with van der Waals surface area (Å²) in [5.74, 6) is 0. The fourth-order valence-corrected chi connectivity index (χ4v) is 2.35. The smallest absolute Gasteiger partial charge is 0.111 e. The predicted octanol–water partition coefficient (Wildman–Crippen LogP) is 5.54. The van der Waals surface area contributed by atoms with E-state index in [9.17, 15) is 0 Å². The van der Waals surface area contributed by atoms with Crippen LogP contribution in [0.1, 0.15) is 5.56 Å². The third-order valence-electron chi connectivity index (χ3n) is 2.26. The zero-order valence-corrected chi connectivity index (χ0v) is 13.0. The zero-order chi connectivity index (χ0) is 13.1. The first-order chi connectivity index (χ1) is 8.56. The Morgan fingerprint density at radius 2 is 1.83 bits per heavy atom. The molecule has 0 amide bonds. The van der Waals surface area contributed by atoms with Crippen LogP contribution in [0.15, 0.2) is 46.9 Å². The highest BCUT2D eigenvalue weighted by Gasteiger charge is 2.04. The number of rotatable bonds is 2. The van der Waals surface area contributed by atoms with Crippen LogP contribution in [0.25, 0.3) is 0 Å². The molecular weight excluding hydrogens is 353 g/mol. The van der Waals surface area contributed by atoms with Crippen LogP contribution < -0.4 is 5.32 Å². The molecule has 0 aromatic heterocycles. The fraction of sp³-hybridized carbons (Fsp3) is 0. The van der Waals surface area contributed by atoms with E-state index in [-0.39, 0.29) is 0 Å². The van der Waals surface area contributed by atoms with Crippen molar-refractivity contribution < 1.29 is 0 Å². The van der Waals surface area contributed by atoms with Gasteiger partial charge in [0.25, 0.3) is 0 Å². The largest absolute Gasteiger partial charge is 0.346 e. The molecule has 0 radical (unpaired) electrons. The zero-order valence-electron chi connectivity index (χ0n) is 9.08. The average molecular weight is 361 g/mol. The fourth-order valence-electron chi connectivity index (χ4n) is 1.41. The Labute approximate surface area is 129 Å². The van der Waals surface area contributed by atoms with Crippen molar-refractivity contribution in [2.45, 2.75) is 0 Å². The van der Waals surface area contributed by atoms with Crippen molar-refractivity contribution in [2.24, 2.45) is 0 Å². The quantitative estimate of drug-likeness (QED) is 0.705. The van der Waals surface area contributed by atoms with Gasteiger partial charge in [0.1, 0.15) is 4.99 Å². The van der Waals surface area contributed by atoms with E-state index >= 15 is 0 Å². The standard InChI is InChI=1S/C13H8BrCl2NS/c14-9-3-1-2-8(6-9)13(18)17-10-4-5-11(15)12(16)7-10/h1-7H,(H,17,18). The van der Waals surface area contributed by atoms with Crippen LogP contribution in [0.3, 0.4) is 0 Å². The van der Waals surface area contributed by atoms with E-state index in [1.54, 1.807) is 12.1 Å².